The van der Waals surface area contributed by atoms with Crippen molar-refractivity contribution in [1.82, 2.24) is 14.9 Å². The van der Waals surface area contributed by atoms with Crippen LogP contribution in [0.25, 0.3) is 0 Å². The lowest BCUT2D eigenvalue weighted by Gasteiger charge is -2.43. The van der Waals surface area contributed by atoms with Crippen LogP contribution in [0, 0.1) is 0 Å². The molecule has 2 atom stereocenters. The molecule has 0 unspecified atom stereocenters. The Hall–Kier alpha value is -3.16. The van der Waals surface area contributed by atoms with E-state index in [0.717, 1.165) is 49.7 Å². The summed E-state index contributed by atoms with van der Waals surface area (Å²) in [6.45, 7) is 3.33. The van der Waals surface area contributed by atoms with Gasteiger partial charge >= 0.3 is 0 Å². The Bertz CT molecular complexity index is 1080. The molecule has 1 aromatic heterocycles. The molecule has 0 spiro atoms. The van der Waals surface area contributed by atoms with Crippen LogP contribution in [-0.2, 0) is 13.0 Å². The molecule has 32 heavy (non-hydrogen) atoms. The number of rotatable bonds is 5. The van der Waals surface area contributed by atoms with Gasteiger partial charge in [-0.1, -0.05) is 36.4 Å². The normalized spacial score (nSPS) is 21.1. The smallest absolute Gasteiger partial charge is 0.142 e. The van der Waals surface area contributed by atoms with Gasteiger partial charge in [-0.3, -0.25) is 4.90 Å². The van der Waals surface area contributed by atoms with Gasteiger partial charge in [-0.05, 0) is 36.1 Å². The molecule has 2 aliphatic heterocycles. The third-order valence-corrected chi connectivity index (χ3v) is 6.52. The lowest BCUT2D eigenvalue weighted by molar-refractivity contribution is 0.0293. The predicted molar refractivity (Wildman–Crippen MR) is 125 cm³/mol. The fraction of sp³-hybridized carbons (Fsp3) is 0.360. The molecule has 2 aromatic carbocycles. The number of nitrogens with one attached hydrogen (secondary N) is 1. The molecular weight excluding hydrogens is 402 g/mol. The summed E-state index contributed by atoms with van der Waals surface area (Å²) in [7, 11) is 1.65. The van der Waals surface area contributed by atoms with E-state index >= 15 is 0 Å². The third kappa shape index (κ3) is 4.26. The van der Waals surface area contributed by atoms with Crippen LogP contribution in [0.3, 0.4) is 0 Å². The molecule has 7 heteroatoms. The van der Waals surface area contributed by atoms with E-state index in [-0.39, 0.29) is 6.04 Å². The minimum Gasteiger partial charge on any atom is -0.495 e. The summed E-state index contributed by atoms with van der Waals surface area (Å²) < 4.78 is 5.42. The van der Waals surface area contributed by atoms with E-state index in [1.165, 1.54) is 11.1 Å². The Balaban J connectivity index is 1.25. The summed E-state index contributed by atoms with van der Waals surface area (Å²) in [6.07, 6.45) is 3.09. The van der Waals surface area contributed by atoms with Crippen LogP contribution in [-0.4, -0.2) is 58.9 Å². The zero-order valence-corrected chi connectivity index (χ0v) is 18.3. The molecule has 0 saturated carbocycles. The highest BCUT2D eigenvalue weighted by Gasteiger charge is 2.34. The average molecular weight is 432 g/mol. The Morgan fingerprint density at radius 2 is 1.84 bits per heavy atom. The number of nitrogens with zero attached hydrogens (tertiary/aromatic N) is 4. The number of aromatic nitrogens is 2. The highest BCUT2D eigenvalue weighted by atomic mass is 16.5. The minimum absolute atomic E-state index is 0.174. The maximum Gasteiger partial charge on any atom is 0.142 e. The lowest BCUT2D eigenvalue weighted by Crippen LogP contribution is -2.55. The molecule has 0 aliphatic carbocycles. The predicted octanol–water partition coefficient (Wildman–Crippen LogP) is 3.23. The number of benzene rings is 2. The number of β-amino-alcohol motifs (C(OH)–C–C–N with tert-alkyl or cyclic N) is 1. The van der Waals surface area contributed by atoms with Crippen LogP contribution in [0.2, 0.25) is 0 Å². The third-order valence-electron chi connectivity index (χ3n) is 6.52. The minimum atomic E-state index is -0.422. The van der Waals surface area contributed by atoms with Gasteiger partial charge in [-0.15, -0.1) is 0 Å². The van der Waals surface area contributed by atoms with Crippen molar-refractivity contribution < 1.29 is 9.84 Å². The topological polar surface area (TPSA) is 73.8 Å². The van der Waals surface area contributed by atoms with Crippen molar-refractivity contribution in [3.05, 3.63) is 72.1 Å². The number of methoxy groups -OCH3 is 1. The first-order chi connectivity index (χ1) is 15.7. The molecule has 0 radical (unpaired) electrons. The number of aliphatic hydroxyl groups excluding tert-OH is 1. The summed E-state index contributed by atoms with van der Waals surface area (Å²) in [5.41, 5.74) is 3.67. The van der Waals surface area contributed by atoms with E-state index in [4.69, 9.17) is 4.74 Å². The van der Waals surface area contributed by atoms with E-state index < -0.39 is 6.10 Å². The van der Waals surface area contributed by atoms with Crippen LogP contribution >= 0.6 is 0 Å². The first-order valence-corrected chi connectivity index (χ1v) is 11.2. The summed E-state index contributed by atoms with van der Waals surface area (Å²) >= 11 is 0. The van der Waals surface area contributed by atoms with E-state index in [2.05, 4.69) is 49.4 Å². The van der Waals surface area contributed by atoms with Gasteiger partial charge < -0.3 is 20.1 Å². The van der Waals surface area contributed by atoms with E-state index in [1.807, 2.05) is 30.3 Å². The first kappa shape index (κ1) is 20.7. The van der Waals surface area contributed by atoms with Gasteiger partial charge in [0.1, 0.15) is 23.7 Å². The molecule has 1 fully saturated rings. The Morgan fingerprint density at radius 3 is 2.69 bits per heavy atom. The fourth-order valence-electron chi connectivity index (χ4n) is 4.83. The molecule has 5 rings (SSSR count). The van der Waals surface area contributed by atoms with Gasteiger partial charge in [0.05, 0.1) is 18.9 Å². The number of aliphatic hydroxyl groups is 1. The Labute approximate surface area is 188 Å². The number of ether oxygens (including phenoxy) is 1. The van der Waals surface area contributed by atoms with Crippen molar-refractivity contribution in [2.24, 2.45) is 0 Å². The van der Waals surface area contributed by atoms with Crippen molar-refractivity contribution >= 4 is 17.3 Å². The van der Waals surface area contributed by atoms with Gasteiger partial charge in [0.25, 0.3) is 0 Å². The largest absolute Gasteiger partial charge is 0.495 e. The lowest BCUT2D eigenvalue weighted by atomic mass is 9.94. The molecule has 0 bridgehead atoms. The number of hydrogen-bond acceptors (Lipinski definition) is 7. The molecular formula is C25H29N5O2. The fourth-order valence-corrected chi connectivity index (χ4v) is 4.83. The second-order valence-electron chi connectivity index (χ2n) is 8.45. The maximum absolute atomic E-state index is 11.0. The highest BCUT2D eigenvalue weighted by Crippen LogP contribution is 2.29. The SMILES string of the molecule is COc1ccccc1Nc1cc(N2CC[C@@H](N3CCc4ccccc4C3)[C@H](O)C2)ncn1. The van der Waals surface area contributed by atoms with Gasteiger partial charge in [0.15, 0.2) is 0 Å². The van der Waals surface area contributed by atoms with Gasteiger partial charge in [-0.25, -0.2) is 9.97 Å². The number of para-hydroxylation sites is 2. The molecule has 3 heterocycles. The molecule has 3 aromatic rings. The summed E-state index contributed by atoms with van der Waals surface area (Å²) in [5, 5.41) is 14.3. The van der Waals surface area contributed by atoms with Crippen LogP contribution in [0.4, 0.5) is 17.3 Å². The quantitative estimate of drug-likeness (QED) is 0.643. The zero-order chi connectivity index (χ0) is 21.9. The summed E-state index contributed by atoms with van der Waals surface area (Å²) in [4.78, 5) is 13.4. The second-order valence-corrected chi connectivity index (χ2v) is 8.45. The van der Waals surface area contributed by atoms with E-state index in [0.29, 0.717) is 12.4 Å². The molecule has 2 N–H and O–H groups in total. The van der Waals surface area contributed by atoms with Crippen LogP contribution in [0.15, 0.2) is 60.9 Å². The van der Waals surface area contributed by atoms with Crippen LogP contribution in [0.5, 0.6) is 5.75 Å². The van der Waals surface area contributed by atoms with Crippen LogP contribution < -0.4 is 15.0 Å². The van der Waals surface area contributed by atoms with Crippen molar-refractivity contribution in [2.45, 2.75) is 31.5 Å². The number of hydrogen-bond donors (Lipinski definition) is 2. The van der Waals surface area contributed by atoms with Crippen molar-refractivity contribution in [3.63, 3.8) is 0 Å². The average Bonchev–Trinajstić information content (AvgIpc) is 2.84. The van der Waals surface area contributed by atoms with Gasteiger partial charge in [0, 0.05) is 38.3 Å². The number of piperidine rings is 1. The number of fused-ring (bicyclic) bond motifs is 1. The van der Waals surface area contributed by atoms with E-state index in [1.54, 1.807) is 13.4 Å². The standard InChI is InChI=1S/C25H29N5O2/c1-32-23-9-5-4-8-20(23)28-24-14-25(27-17-26-24)30-13-11-21(22(31)16-30)29-12-10-18-6-2-3-7-19(18)15-29/h2-9,14,17,21-22,31H,10-13,15-16H2,1H3,(H,26,27,28)/t21-,22-/m1/s1. The molecule has 1 saturated heterocycles. The van der Waals surface area contributed by atoms with E-state index in [9.17, 15) is 5.11 Å². The summed E-state index contributed by atoms with van der Waals surface area (Å²) in [6, 6.07) is 18.5. The molecule has 0 amide bonds. The first-order valence-electron chi connectivity index (χ1n) is 11.2. The maximum atomic E-state index is 11.0. The molecule has 2 aliphatic rings. The van der Waals surface area contributed by atoms with Crippen molar-refractivity contribution in [2.75, 3.05) is 37.0 Å². The zero-order valence-electron chi connectivity index (χ0n) is 18.3. The van der Waals surface area contributed by atoms with Crippen molar-refractivity contribution in [3.8, 4) is 5.75 Å². The van der Waals surface area contributed by atoms with Gasteiger partial charge in [-0.2, -0.15) is 0 Å². The van der Waals surface area contributed by atoms with Crippen LogP contribution in [0.1, 0.15) is 17.5 Å². The summed E-state index contributed by atoms with van der Waals surface area (Å²) in [5.74, 6) is 2.27. The Morgan fingerprint density at radius 1 is 1.03 bits per heavy atom. The van der Waals surface area contributed by atoms with Crippen molar-refractivity contribution in [1.29, 1.82) is 0 Å². The highest BCUT2D eigenvalue weighted by molar-refractivity contribution is 5.65. The monoisotopic (exact) mass is 431 g/mol. The molecule has 7 nitrogen and oxygen atoms in total. The molecule has 166 valence electrons. The van der Waals surface area contributed by atoms with Gasteiger partial charge in [0.2, 0.25) is 0 Å². The Kier molecular flexibility index (Phi) is 5.92. The second kappa shape index (κ2) is 9.14. The number of anilines is 3.